The van der Waals surface area contributed by atoms with Crippen LogP contribution in [0.3, 0.4) is 0 Å². The summed E-state index contributed by atoms with van der Waals surface area (Å²) in [5.74, 6) is 0.990. The molecule has 2 rings (SSSR count). The van der Waals surface area contributed by atoms with E-state index in [9.17, 15) is 8.78 Å². The zero-order valence-electron chi connectivity index (χ0n) is 13.0. The largest absolute Gasteiger partial charge is 0.435 e. The number of anilines is 1. The van der Waals surface area contributed by atoms with Crippen molar-refractivity contribution >= 4 is 5.69 Å². The Kier molecular flexibility index (Phi) is 5.07. The third-order valence-corrected chi connectivity index (χ3v) is 4.40. The van der Waals surface area contributed by atoms with Crippen molar-refractivity contribution in [2.24, 2.45) is 11.3 Å². The number of halogens is 2. The summed E-state index contributed by atoms with van der Waals surface area (Å²) < 4.78 is 28.5. The first-order chi connectivity index (χ1) is 9.84. The molecule has 0 atom stereocenters. The standard InChI is InChI=1S/C17H25F2NO/c1-17(2,3)12-4-6-13(7-5-12)20-14-8-10-15(11-9-14)21-16(18)19/h8-13,16,20H,4-7H2,1-3H3. The predicted octanol–water partition coefficient (Wildman–Crippen LogP) is 5.30. The molecule has 0 radical (unpaired) electrons. The molecule has 0 heterocycles. The molecule has 1 aliphatic rings. The fourth-order valence-electron chi connectivity index (χ4n) is 3.07. The van der Waals surface area contributed by atoms with Crippen LogP contribution in [0.1, 0.15) is 46.5 Å². The lowest BCUT2D eigenvalue weighted by Gasteiger charge is -2.37. The molecule has 0 amide bonds. The van der Waals surface area contributed by atoms with Crippen LogP contribution in [0.4, 0.5) is 14.5 Å². The molecule has 0 bridgehead atoms. The summed E-state index contributed by atoms with van der Waals surface area (Å²) in [5.41, 5.74) is 1.36. The molecular weight excluding hydrogens is 272 g/mol. The van der Waals surface area contributed by atoms with Gasteiger partial charge in [0.15, 0.2) is 0 Å². The average molecular weight is 297 g/mol. The molecule has 21 heavy (non-hydrogen) atoms. The van der Waals surface area contributed by atoms with Crippen molar-refractivity contribution < 1.29 is 13.5 Å². The van der Waals surface area contributed by atoms with Gasteiger partial charge in [-0.3, -0.25) is 0 Å². The molecule has 1 aromatic rings. The second-order valence-electron chi connectivity index (χ2n) is 6.96. The van der Waals surface area contributed by atoms with Crippen molar-refractivity contribution in [3.05, 3.63) is 24.3 Å². The van der Waals surface area contributed by atoms with E-state index in [-0.39, 0.29) is 5.75 Å². The second kappa shape index (κ2) is 6.63. The highest BCUT2D eigenvalue weighted by Gasteiger charge is 2.29. The molecule has 0 unspecified atom stereocenters. The lowest BCUT2D eigenvalue weighted by molar-refractivity contribution is -0.0498. The zero-order chi connectivity index (χ0) is 15.5. The summed E-state index contributed by atoms with van der Waals surface area (Å²) in [6, 6.07) is 7.23. The molecule has 2 nitrogen and oxygen atoms in total. The minimum absolute atomic E-state index is 0.201. The normalized spacial score (nSPS) is 23.1. The van der Waals surface area contributed by atoms with E-state index in [0.717, 1.165) is 24.4 Å². The number of hydrogen-bond donors (Lipinski definition) is 1. The molecule has 0 aliphatic heterocycles. The lowest BCUT2D eigenvalue weighted by Crippen LogP contribution is -2.31. The van der Waals surface area contributed by atoms with Crippen LogP contribution in [0, 0.1) is 11.3 Å². The maximum absolute atomic E-state index is 12.1. The quantitative estimate of drug-likeness (QED) is 0.813. The van der Waals surface area contributed by atoms with Crippen molar-refractivity contribution in [1.29, 1.82) is 0 Å². The van der Waals surface area contributed by atoms with E-state index < -0.39 is 6.61 Å². The van der Waals surface area contributed by atoms with Gasteiger partial charge in [0, 0.05) is 11.7 Å². The molecule has 1 N–H and O–H groups in total. The Morgan fingerprint density at radius 1 is 1.05 bits per heavy atom. The first-order valence-electron chi connectivity index (χ1n) is 7.66. The number of nitrogens with one attached hydrogen (secondary N) is 1. The van der Waals surface area contributed by atoms with E-state index >= 15 is 0 Å². The van der Waals surface area contributed by atoms with Gasteiger partial charge >= 0.3 is 6.61 Å². The molecule has 1 aliphatic carbocycles. The Morgan fingerprint density at radius 2 is 1.62 bits per heavy atom. The first kappa shape index (κ1) is 16.1. The molecule has 1 saturated carbocycles. The van der Waals surface area contributed by atoms with E-state index in [1.807, 2.05) is 0 Å². The van der Waals surface area contributed by atoms with Gasteiger partial charge < -0.3 is 10.1 Å². The Balaban J connectivity index is 1.83. The van der Waals surface area contributed by atoms with Gasteiger partial charge in [-0.1, -0.05) is 20.8 Å². The number of hydrogen-bond acceptors (Lipinski definition) is 2. The van der Waals surface area contributed by atoms with Gasteiger partial charge in [-0.2, -0.15) is 8.78 Å². The van der Waals surface area contributed by atoms with Gasteiger partial charge in [-0.05, 0) is 61.3 Å². The van der Waals surface area contributed by atoms with Crippen LogP contribution >= 0.6 is 0 Å². The Bertz CT molecular complexity index is 431. The van der Waals surface area contributed by atoms with Gasteiger partial charge in [0.1, 0.15) is 5.75 Å². The van der Waals surface area contributed by atoms with Crippen LogP contribution in [-0.4, -0.2) is 12.7 Å². The first-order valence-corrected chi connectivity index (χ1v) is 7.66. The van der Waals surface area contributed by atoms with E-state index in [1.54, 1.807) is 24.3 Å². The summed E-state index contributed by atoms with van der Waals surface area (Å²) in [4.78, 5) is 0. The van der Waals surface area contributed by atoms with Crippen LogP contribution in [0.2, 0.25) is 0 Å². The Labute approximate surface area is 125 Å². The molecule has 1 fully saturated rings. The SMILES string of the molecule is CC(C)(C)C1CCC(Nc2ccc(OC(F)F)cc2)CC1. The Hall–Kier alpha value is -1.32. The number of rotatable bonds is 4. The highest BCUT2D eigenvalue weighted by atomic mass is 19.3. The van der Waals surface area contributed by atoms with Crippen LogP contribution in [0.15, 0.2) is 24.3 Å². The number of ether oxygens (including phenoxy) is 1. The highest BCUT2D eigenvalue weighted by molar-refractivity contribution is 5.47. The van der Waals surface area contributed by atoms with Crippen LogP contribution < -0.4 is 10.1 Å². The minimum Gasteiger partial charge on any atom is -0.435 e. The molecule has 4 heteroatoms. The van der Waals surface area contributed by atoms with Gasteiger partial charge in [0.2, 0.25) is 0 Å². The van der Waals surface area contributed by atoms with Crippen LogP contribution in [0.5, 0.6) is 5.75 Å². The van der Waals surface area contributed by atoms with Crippen molar-refractivity contribution in [2.45, 2.75) is 59.1 Å². The van der Waals surface area contributed by atoms with Crippen LogP contribution in [-0.2, 0) is 0 Å². The van der Waals surface area contributed by atoms with Crippen molar-refractivity contribution in [3.63, 3.8) is 0 Å². The van der Waals surface area contributed by atoms with Gasteiger partial charge in [0.25, 0.3) is 0 Å². The summed E-state index contributed by atoms with van der Waals surface area (Å²) in [6.45, 7) is 4.17. The summed E-state index contributed by atoms with van der Waals surface area (Å²) >= 11 is 0. The van der Waals surface area contributed by atoms with Gasteiger partial charge in [0.05, 0.1) is 0 Å². The van der Waals surface area contributed by atoms with Crippen molar-refractivity contribution in [3.8, 4) is 5.75 Å². The molecule has 118 valence electrons. The summed E-state index contributed by atoms with van der Waals surface area (Å²) in [5, 5.41) is 3.49. The second-order valence-corrected chi connectivity index (χ2v) is 6.96. The van der Waals surface area contributed by atoms with E-state index in [1.165, 1.54) is 12.8 Å². The minimum atomic E-state index is -2.77. The monoisotopic (exact) mass is 297 g/mol. The highest BCUT2D eigenvalue weighted by Crippen LogP contribution is 2.38. The van der Waals surface area contributed by atoms with E-state index in [2.05, 4.69) is 30.8 Å². The summed E-state index contributed by atoms with van der Waals surface area (Å²) in [6.07, 6.45) is 4.82. The fourth-order valence-corrected chi connectivity index (χ4v) is 3.07. The molecule has 0 aromatic heterocycles. The Morgan fingerprint density at radius 3 is 2.10 bits per heavy atom. The van der Waals surface area contributed by atoms with Gasteiger partial charge in [-0.25, -0.2) is 0 Å². The number of alkyl halides is 2. The average Bonchev–Trinajstić information content (AvgIpc) is 2.40. The van der Waals surface area contributed by atoms with Crippen molar-refractivity contribution in [2.75, 3.05) is 5.32 Å². The summed E-state index contributed by atoms with van der Waals surface area (Å²) in [7, 11) is 0. The third-order valence-electron chi connectivity index (χ3n) is 4.40. The predicted molar refractivity (Wildman–Crippen MR) is 81.9 cm³/mol. The zero-order valence-corrected chi connectivity index (χ0v) is 13.0. The molecular formula is C17H25F2NO. The molecule has 0 spiro atoms. The maximum atomic E-state index is 12.1. The van der Waals surface area contributed by atoms with E-state index in [4.69, 9.17) is 0 Å². The number of benzene rings is 1. The lowest BCUT2D eigenvalue weighted by atomic mass is 9.71. The van der Waals surface area contributed by atoms with E-state index in [0.29, 0.717) is 11.5 Å². The fraction of sp³-hybridized carbons (Fsp3) is 0.647. The van der Waals surface area contributed by atoms with Crippen molar-refractivity contribution in [1.82, 2.24) is 0 Å². The maximum Gasteiger partial charge on any atom is 0.387 e. The topological polar surface area (TPSA) is 21.3 Å². The van der Waals surface area contributed by atoms with Gasteiger partial charge in [-0.15, -0.1) is 0 Å². The smallest absolute Gasteiger partial charge is 0.387 e. The molecule has 1 aromatic carbocycles. The van der Waals surface area contributed by atoms with Crippen LogP contribution in [0.25, 0.3) is 0 Å². The third kappa shape index (κ3) is 4.87. The molecule has 0 saturated heterocycles.